The van der Waals surface area contributed by atoms with Gasteiger partial charge in [-0.2, -0.15) is 0 Å². The van der Waals surface area contributed by atoms with Crippen LogP contribution in [0, 0.1) is 5.92 Å². The number of amides is 1. The Morgan fingerprint density at radius 1 is 1.05 bits per heavy atom. The highest BCUT2D eigenvalue weighted by atomic mass is 16.5. The van der Waals surface area contributed by atoms with E-state index in [9.17, 15) is 14.8 Å². The van der Waals surface area contributed by atoms with Gasteiger partial charge in [0, 0.05) is 5.56 Å². The van der Waals surface area contributed by atoms with Gasteiger partial charge in [0.25, 0.3) is 5.91 Å². The van der Waals surface area contributed by atoms with Crippen molar-refractivity contribution in [1.82, 2.24) is 5.06 Å². The van der Waals surface area contributed by atoms with E-state index in [1.54, 1.807) is 32.0 Å². The van der Waals surface area contributed by atoms with E-state index < -0.39 is 23.8 Å². The molecule has 2 aromatic rings. The minimum absolute atomic E-state index is 0.253. The number of carbonyl (C=O) groups excluding carboxylic acids is 1. The van der Waals surface area contributed by atoms with Gasteiger partial charge >= 0.3 is 5.97 Å². The van der Waals surface area contributed by atoms with E-state index >= 15 is 0 Å². The van der Waals surface area contributed by atoms with Gasteiger partial charge in [0.15, 0.2) is 6.04 Å². The molecule has 5 heteroatoms. The molecule has 0 aromatic heterocycles. The molecule has 0 aliphatic rings. The summed E-state index contributed by atoms with van der Waals surface area (Å²) in [4.78, 5) is 23.4. The molecule has 0 radical (unpaired) electrons. The molecular formula is C16H17NO4. The summed E-state index contributed by atoms with van der Waals surface area (Å²) in [5.74, 6) is -2.36. The summed E-state index contributed by atoms with van der Waals surface area (Å²) in [5, 5.41) is 21.2. The molecule has 0 spiro atoms. The van der Waals surface area contributed by atoms with Crippen molar-refractivity contribution in [3.8, 4) is 0 Å². The molecule has 0 saturated heterocycles. The molecule has 0 bridgehead atoms. The zero-order valence-electron chi connectivity index (χ0n) is 11.9. The van der Waals surface area contributed by atoms with E-state index in [2.05, 4.69) is 0 Å². The molecule has 0 aliphatic heterocycles. The van der Waals surface area contributed by atoms with Crippen LogP contribution in [-0.2, 0) is 4.79 Å². The minimum Gasteiger partial charge on any atom is -0.480 e. The molecule has 2 aromatic carbocycles. The van der Waals surface area contributed by atoms with Crippen molar-refractivity contribution >= 4 is 22.6 Å². The zero-order valence-corrected chi connectivity index (χ0v) is 11.9. The predicted molar refractivity (Wildman–Crippen MR) is 78.2 cm³/mol. The van der Waals surface area contributed by atoms with Crippen molar-refractivity contribution in [2.24, 2.45) is 5.92 Å². The highest BCUT2D eigenvalue weighted by Gasteiger charge is 2.32. The van der Waals surface area contributed by atoms with Crippen LogP contribution in [0.1, 0.15) is 24.2 Å². The second kappa shape index (κ2) is 5.93. The van der Waals surface area contributed by atoms with Crippen molar-refractivity contribution < 1.29 is 19.9 Å². The minimum atomic E-state index is -1.27. The third-order valence-corrected chi connectivity index (χ3v) is 3.35. The van der Waals surface area contributed by atoms with Gasteiger partial charge in [0.05, 0.1) is 0 Å². The number of carboxylic acid groups (broad SMARTS) is 1. The van der Waals surface area contributed by atoms with Crippen molar-refractivity contribution in [2.45, 2.75) is 19.9 Å². The summed E-state index contributed by atoms with van der Waals surface area (Å²) in [6, 6.07) is 11.2. The number of rotatable bonds is 4. The Kier molecular flexibility index (Phi) is 4.23. The number of benzene rings is 2. The number of hydrogen-bond acceptors (Lipinski definition) is 3. The number of carboxylic acids is 1. The number of hydrogen-bond donors (Lipinski definition) is 2. The molecule has 0 heterocycles. The third-order valence-electron chi connectivity index (χ3n) is 3.35. The summed E-state index contributed by atoms with van der Waals surface area (Å²) in [6.07, 6.45) is 0. The lowest BCUT2D eigenvalue weighted by Crippen LogP contribution is -2.46. The molecular weight excluding hydrogens is 270 g/mol. The number of nitrogens with zero attached hydrogens (tertiary/aromatic N) is 1. The summed E-state index contributed by atoms with van der Waals surface area (Å²) < 4.78 is 0. The maximum atomic E-state index is 12.3. The van der Waals surface area contributed by atoms with Crippen molar-refractivity contribution in [2.75, 3.05) is 0 Å². The van der Waals surface area contributed by atoms with Gasteiger partial charge in [-0.05, 0) is 28.8 Å². The smallest absolute Gasteiger partial charge is 0.329 e. The molecule has 110 valence electrons. The average molecular weight is 287 g/mol. The highest BCUT2D eigenvalue weighted by Crippen LogP contribution is 2.18. The molecule has 0 saturated carbocycles. The normalized spacial score (nSPS) is 12.4. The maximum Gasteiger partial charge on any atom is 0.329 e. The van der Waals surface area contributed by atoms with E-state index in [1.807, 2.05) is 24.3 Å². The largest absolute Gasteiger partial charge is 0.480 e. The fourth-order valence-corrected chi connectivity index (χ4v) is 2.25. The molecule has 1 atom stereocenters. The first kappa shape index (κ1) is 15.0. The standard InChI is InChI=1S/C16H17NO4/c1-10(2)14(16(19)20)17(21)15(18)13-8-7-11-5-3-4-6-12(11)9-13/h3-10,14,21H,1-2H3,(H,19,20)/t14-/m0/s1. The van der Waals surface area contributed by atoms with Crippen LogP contribution in [0.2, 0.25) is 0 Å². The van der Waals surface area contributed by atoms with E-state index in [0.29, 0.717) is 5.06 Å². The van der Waals surface area contributed by atoms with Gasteiger partial charge in [0.2, 0.25) is 0 Å². The SMILES string of the molecule is CC(C)[C@@H](C(=O)O)N(O)C(=O)c1ccc2ccccc2c1. The maximum absolute atomic E-state index is 12.3. The first-order valence-electron chi connectivity index (χ1n) is 6.66. The lowest BCUT2D eigenvalue weighted by molar-refractivity contribution is -0.161. The van der Waals surface area contributed by atoms with Gasteiger partial charge in [-0.1, -0.05) is 44.2 Å². The fourth-order valence-electron chi connectivity index (χ4n) is 2.25. The van der Waals surface area contributed by atoms with Gasteiger partial charge < -0.3 is 5.11 Å². The summed E-state index contributed by atoms with van der Waals surface area (Å²) in [5.41, 5.74) is 0.253. The van der Waals surface area contributed by atoms with E-state index in [-0.39, 0.29) is 5.56 Å². The molecule has 0 aliphatic carbocycles. The average Bonchev–Trinajstić information content (AvgIpc) is 2.45. The predicted octanol–water partition coefficient (Wildman–Crippen LogP) is 2.78. The van der Waals surface area contributed by atoms with E-state index in [4.69, 9.17) is 5.11 Å². The first-order chi connectivity index (χ1) is 9.91. The van der Waals surface area contributed by atoms with E-state index in [1.165, 1.54) is 0 Å². The molecule has 0 unspecified atom stereocenters. The second-order valence-corrected chi connectivity index (χ2v) is 5.24. The van der Waals surface area contributed by atoms with Crippen LogP contribution in [0.25, 0.3) is 10.8 Å². The summed E-state index contributed by atoms with van der Waals surface area (Å²) >= 11 is 0. The molecule has 2 N–H and O–H groups in total. The lowest BCUT2D eigenvalue weighted by atomic mass is 10.0. The van der Waals surface area contributed by atoms with Crippen LogP contribution in [-0.4, -0.2) is 33.3 Å². The van der Waals surface area contributed by atoms with Gasteiger partial charge in [0.1, 0.15) is 0 Å². The van der Waals surface area contributed by atoms with Crippen molar-refractivity contribution in [3.05, 3.63) is 48.0 Å². The van der Waals surface area contributed by atoms with Crippen LogP contribution in [0.15, 0.2) is 42.5 Å². The van der Waals surface area contributed by atoms with Gasteiger partial charge in [-0.3, -0.25) is 10.0 Å². The Morgan fingerprint density at radius 2 is 1.67 bits per heavy atom. The van der Waals surface area contributed by atoms with E-state index in [0.717, 1.165) is 10.8 Å². The Balaban J connectivity index is 2.34. The Bertz CT molecular complexity index is 681. The van der Waals surface area contributed by atoms with Crippen LogP contribution in [0.3, 0.4) is 0 Å². The van der Waals surface area contributed by atoms with Crippen LogP contribution in [0.4, 0.5) is 0 Å². The highest BCUT2D eigenvalue weighted by molar-refractivity contribution is 5.99. The molecule has 2 rings (SSSR count). The van der Waals surface area contributed by atoms with Gasteiger partial charge in [-0.25, -0.2) is 9.86 Å². The summed E-state index contributed by atoms with van der Waals surface area (Å²) in [6.45, 7) is 3.27. The fraction of sp³-hybridized carbons (Fsp3) is 0.250. The van der Waals surface area contributed by atoms with Crippen molar-refractivity contribution in [3.63, 3.8) is 0 Å². The number of fused-ring (bicyclic) bond motifs is 1. The monoisotopic (exact) mass is 287 g/mol. The zero-order chi connectivity index (χ0) is 15.6. The van der Waals surface area contributed by atoms with Crippen LogP contribution >= 0.6 is 0 Å². The Hall–Kier alpha value is -2.40. The quantitative estimate of drug-likeness (QED) is 0.669. The Morgan fingerprint density at radius 3 is 2.24 bits per heavy atom. The first-order valence-corrected chi connectivity index (χ1v) is 6.66. The number of hydroxylamine groups is 2. The Labute approximate surface area is 122 Å². The lowest BCUT2D eigenvalue weighted by Gasteiger charge is -2.25. The molecule has 0 fully saturated rings. The van der Waals surface area contributed by atoms with Gasteiger partial charge in [-0.15, -0.1) is 0 Å². The second-order valence-electron chi connectivity index (χ2n) is 5.24. The van der Waals surface area contributed by atoms with Crippen molar-refractivity contribution in [1.29, 1.82) is 0 Å². The number of carbonyl (C=O) groups is 2. The van der Waals surface area contributed by atoms with Crippen LogP contribution in [0.5, 0.6) is 0 Å². The molecule has 1 amide bonds. The topological polar surface area (TPSA) is 77.8 Å². The summed E-state index contributed by atoms with van der Waals surface area (Å²) in [7, 11) is 0. The molecule has 21 heavy (non-hydrogen) atoms. The number of aliphatic carboxylic acids is 1. The third kappa shape index (κ3) is 3.03. The molecule has 5 nitrogen and oxygen atoms in total. The van der Waals surface area contributed by atoms with Crippen LogP contribution < -0.4 is 0 Å².